The first-order chi connectivity index (χ1) is 11.2. The molecule has 9 heteroatoms. The molecule has 0 aromatic carbocycles. The molecule has 1 aromatic rings. The summed E-state index contributed by atoms with van der Waals surface area (Å²) >= 11 is 0. The van der Waals surface area contributed by atoms with Gasteiger partial charge in [-0.15, -0.1) is 0 Å². The third-order valence-corrected chi connectivity index (χ3v) is 4.73. The normalized spacial score (nSPS) is 21.0. The molecular weight excluding hydrogens is 332 g/mol. The summed E-state index contributed by atoms with van der Waals surface area (Å²) < 4.78 is 21.0. The van der Waals surface area contributed by atoms with E-state index in [1.54, 1.807) is 11.1 Å². The lowest BCUT2D eigenvalue weighted by molar-refractivity contribution is -0.114. The van der Waals surface area contributed by atoms with Crippen molar-refractivity contribution in [1.82, 2.24) is 19.4 Å². The number of nitrogens with zero attached hydrogens (tertiary/aromatic N) is 3. The van der Waals surface area contributed by atoms with Crippen LogP contribution in [0.1, 0.15) is 32.0 Å². The maximum absolute atomic E-state index is 12.2. The molecule has 2 aliphatic rings. The van der Waals surface area contributed by atoms with Crippen LogP contribution >= 0.6 is 0 Å². The monoisotopic (exact) mass is 352 g/mol. The summed E-state index contributed by atoms with van der Waals surface area (Å²) in [6, 6.07) is 0. The molecule has 2 amide bonds. The lowest BCUT2D eigenvalue weighted by atomic mass is 10.2. The van der Waals surface area contributed by atoms with E-state index in [0.29, 0.717) is 31.0 Å². The Morgan fingerprint density at radius 2 is 2.04 bits per heavy atom. The predicted octanol–water partition coefficient (Wildman–Crippen LogP) is 0.811. The van der Waals surface area contributed by atoms with Crippen LogP contribution in [0.2, 0.25) is 0 Å². The molecule has 8 nitrogen and oxygen atoms in total. The number of ether oxygens (including phenoxy) is 1. The Morgan fingerprint density at radius 3 is 2.67 bits per heavy atom. The summed E-state index contributed by atoms with van der Waals surface area (Å²) in [6.07, 6.45) is 3.96. The Morgan fingerprint density at radius 1 is 1.33 bits per heavy atom. The number of nitrogens with one attached hydrogen (secondary N) is 1. The van der Waals surface area contributed by atoms with Crippen molar-refractivity contribution in [2.24, 2.45) is 0 Å². The highest BCUT2D eigenvalue weighted by Gasteiger charge is 2.27. The molecule has 1 N–H and O–H groups in total. The predicted molar refractivity (Wildman–Crippen MR) is 88.0 cm³/mol. The number of fused-ring (bicyclic) bond motifs is 1. The lowest BCUT2D eigenvalue weighted by Gasteiger charge is -2.26. The van der Waals surface area contributed by atoms with Crippen molar-refractivity contribution in [3.63, 3.8) is 0 Å². The molecule has 0 fully saturated rings. The second-order valence-corrected chi connectivity index (χ2v) is 7.89. The molecule has 0 radical (unpaired) electrons. The van der Waals surface area contributed by atoms with Crippen LogP contribution in [0, 0.1) is 0 Å². The summed E-state index contributed by atoms with van der Waals surface area (Å²) in [7, 11) is -1.57. The zero-order chi connectivity index (χ0) is 17.5. The summed E-state index contributed by atoms with van der Waals surface area (Å²) in [5.74, 6) is -0.384. The van der Waals surface area contributed by atoms with Crippen LogP contribution in [0.25, 0.3) is 5.03 Å². The van der Waals surface area contributed by atoms with Gasteiger partial charge in [-0.05, 0) is 32.8 Å². The standard InChI is InChI=1S/C15H20N4O4S/c1-15(2,3)23-14(21)18-6-4-10-9-19(16-11(10)5-7-18)13-8-12(20)17-24(13)22/h8-9H,4-7H2,1-3H3,(H,17,20). The van der Waals surface area contributed by atoms with E-state index in [2.05, 4.69) is 9.82 Å². The zero-order valence-electron chi connectivity index (χ0n) is 13.9. The van der Waals surface area contributed by atoms with Crippen LogP contribution < -0.4 is 4.72 Å². The zero-order valence-corrected chi connectivity index (χ0v) is 14.7. The van der Waals surface area contributed by atoms with Crippen LogP contribution in [0.3, 0.4) is 0 Å². The SMILES string of the molecule is CC(C)(C)OC(=O)N1CCc2cn(C3=CC(=O)NS3=O)nc2CC1. The third-order valence-electron chi connectivity index (χ3n) is 3.66. The summed E-state index contributed by atoms with van der Waals surface area (Å²) in [4.78, 5) is 25.1. The first-order valence-electron chi connectivity index (χ1n) is 7.73. The smallest absolute Gasteiger partial charge is 0.410 e. The minimum absolute atomic E-state index is 0.324. The highest BCUT2D eigenvalue weighted by Crippen LogP contribution is 2.20. The van der Waals surface area contributed by atoms with Crippen molar-refractivity contribution in [2.75, 3.05) is 13.1 Å². The van der Waals surface area contributed by atoms with E-state index in [1.165, 1.54) is 10.8 Å². The third kappa shape index (κ3) is 3.50. The average molecular weight is 352 g/mol. The topological polar surface area (TPSA) is 93.5 Å². The second kappa shape index (κ2) is 6.04. The van der Waals surface area contributed by atoms with E-state index in [1.807, 2.05) is 20.8 Å². The molecule has 0 saturated heterocycles. The van der Waals surface area contributed by atoms with E-state index in [0.717, 1.165) is 11.3 Å². The molecule has 0 spiro atoms. The van der Waals surface area contributed by atoms with Gasteiger partial charge in [0.15, 0.2) is 16.0 Å². The molecule has 1 aromatic heterocycles. The number of hydrogen-bond acceptors (Lipinski definition) is 5. The first-order valence-corrected chi connectivity index (χ1v) is 8.88. The Balaban J connectivity index is 1.72. The maximum atomic E-state index is 12.2. The molecule has 2 aliphatic heterocycles. The Kier molecular flexibility index (Phi) is 4.20. The number of carbonyl (C=O) groups excluding carboxylic acids is 2. The second-order valence-electron chi connectivity index (χ2n) is 6.73. The van der Waals surface area contributed by atoms with Crippen LogP contribution in [0.5, 0.6) is 0 Å². The number of hydrogen-bond donors (Lipinski definition) is 1. The van der Waals surface area contributed by atoms with Gasteiger partial charge in [-0.2, -0.15) is 5.10 Å². The quantitative estimate of drug-likeness (QED) is 0.807. The Bertz CT molecular complexity index is 722. The maximum Gasteiger partial charge on any atom is 0.410 e. The van der Waals surface area contributed by atoms with Crippen LogP contribution in [0.4, 0.5) is 4.79 Å². The van der Waals surface area contributed by atoms with E-state index in [-0.39, 0.29) is 12.0 Å². The van der Waals surface area contributed by atoms with Gasteiger partial charge in [-0.1, -0.05) is 0 Å². The minimum Gasteiger partial charge on any atom is -0.444 e. The van der Waals surface area contributed by atoms with E-state index >= 15 is 0 Å². The van der Waals surface area contributed by atoms with Crippen molar-refractivity contribution in [3.8, 4) is 0 Å². The molecule has 3 rings (SSSR count). The van der Waals surface area contributed by atoms with Crippen molar-refractivity contribution < 1.29 is 18.5 Å². The fourth-order valence-corrected chi connectivity index (χ4v) is 3.41. The van der Waals surface area contributed by atoms with Crippen molar-refractivity contribution in [1.29, 1.82) is 0 Å². The van der Waals surface area contributed by atoms with E-state index in [4.69, 9.17) is 4.74 Å². The molecular formula is C15H20N4O4S. The van der Waals surface area contributed by atoms with Gasteiger partial charge in [0.25, 0.3) is 5.91 Å². The molecule has 130 valence electrons. The van der Waals surface area contributed by atoms with Crippen LogP contribution in [-0.2, 0) is 33.4 Å². The first kappa shape index (κ1) is 16.7. The van der Waals surface area contributed by atoms with E-state index in [9.17, 15) is 13.8 Å². The van der Waals surface area contributed by atoms with Crippen LogP contribution in [0.15, 0.2) is 12.3 Å². The van der Waals surface area contributed by atoms with Crippen molar-refractivity contribution in [2.45, 2.75) is 39.2 Å². The van der Waals surface area contributed by atoms with Gasteiger partial charge in [-0.25, -0.2) is 13.7 Å². The molecule has 3 heterocycles. The van der Waals surface area contributed by atoms with Gasteiger partial charge in [0.1, 0.15) is 5.60 Å². The molecule has 1 atom stereocenters. The Labute approximate surface area is 142 Å². The minimum atomic E-state index is -1.57. The summed E-state index contributed by atoms with van der Waals surface area (Å²) in [5.41, 5.74) is 1.31. The van der Waals surface area contributed by atoms with Gasteiger partial charge in [0.2, 0.25) is 0 Å². The fraction of sp³-hybridized carbons (Fsp3) is 0.533. The van der Waals surface area contributed by atoms with Gasteiger partial charge in [-0.3, -0.25) is 9.52 Å². The van der Waals surface area contributed by atoms with E-state index < -0.39 is 16.6 Å². The summed E-state index contributed by atoms with van der Waals surface area (Å²) in [6.45, 7) is 6.57. The van der Waals surface area contributed by atoms with Gasteiger partial charge in [0, 0.05) is 31.8 Å². The van der Waals surface area contributed by atoms with Crippen molar-refractivity contribution in [3.05, 3.63) is 23.5 Å². The molecule has 1 unspecified atom stereocenters. The summed E-state index contributed by atoms with van der Waals surface area (Å²) in [5, 5.41) is 4.76. The molecule has 0 bridgehead atoms. The van der Waals surface area contributed by atoms with Gasteiger partial charge < -0.3 is 9.64 Å². The van der Waals surface area contributed by atoms with Gasteiger partial charge in [0.05, 0.1) is 5.69 Å². The highest BCUT2D eigenvalue weighted by atomic mass is 32.2. The molecule has 0 aliphatic carbocycles. The van der Waals surface area contributed by atoms with Crippen molar-refractivity contribution >= 4 is 28.0 Å². The highest BCUT2D eigenvalue weighted by molar-refractivity contribution is 7.93. The Hall–Kier alpha value is -2.16. The average Bonchev–Trinajstić information content (AvgIpc) is 2.94. The lowest BCUT2D eigenvalue weighted by Crippen LogP contribution is -2.38. The molecule has 24 heavy (non-hydrogen) atoms. The number of rotatable bonds is 1. The molecule has 0 saturated carbocycles. The number of amides is 2. The number of aromatic nitrogens is 2. The number of carbonyl (C=O) groups is 2. The largest absolute Gasteiger partial charge is 0.444 e. The van der Waals surface area contributed by atoms with Gasteiger partial charge >= 0.3 is 6.09 Å². The van der Waals surface area contributed by atoms with Crippen LogP contribution in [-0.4, -0.2) is 49.6 Å². The fourth-order valence-electron chi connectivity index (χ4n) is 2.58.